The summed E-state index contributed by atoms with van der Waals surface area (Å²) in [6.45, 7) is 3.54. The second-order valence-corrected chi connectivity index (χ2v) is 8.08. The third kappa shape index (κ3) is 4.33. The molecule has 4 rings (SSSR count). The predicted octanol–water partition coefficient (Wildman–Crippen LogP) is 3.85. The fourth-order valence-electron chi connectivity index (χ4n) is 3.26. The highest BCUT2D eigenvalue weighted by Gasteiger charge is 2.26. The van der Waals surface area contributed by atoms with Crippen molar-refractivity contribution in [1.29, 1.82) is 0 Å². The second kappa shape index (κ2) is 8.62. The van der Waals surface area contributed by atoms with Crippen molar-refractivity contribution >= 4 is 29.2 Å². The first kappa shape index (κ1) is 20.0. The van der Waals surface area contributed by atoms with Gasteiger partial charge in [0.2, 0.25) is 11.7 Å². The van der Waals surface area contributed by atoms with E-state index in [0.29, 0.717) is 37.4 Å². The summed E-state index contributed by atoms with van der Waals surface area (Å²) in [6, 6.07) is 12.0. The van der Waals surface area contributed by atoms with Crippen molar-refractivity contribution in [3.63, 3.8) is 0 Å². The van der Waals surface area contributed by atoms with Crippen molar-refractivity contribution < 1.29 is 18.5 Å². The van der Waals surface area contributed by atoms with Crippen LogP contribution in [0.5, 0.6) is 0 Å². The van der Waals surface area contributed by atoms with Crippen LogP contribution in [0.4, 0.5) is 4.39 Å². The SMILES string of the molecule is Cc1cc(C(=O)N2CCN(C(=O)/C=C/c3ccc(-c4ccccc4F)s3)CC2)on1. The van der Waals surface area contributed by atoms with Crippen LogP contribution in [0.2, 0.25) is 0 Å². The second-order valence-electron chi connectivity index (χ2n) is 6.97. The van der Waals surface area contributed by atoms with Crippen molar-refractivity contribution in [2.24, 2.45) is 0 Å². The van der Waals surface area contributed by atoms with Gasteiger partial charge in [-0.05, 0) is 31.2 Å². The van der Waals surface area contributed by atoms with E-state index in [2.05, 4.69) is 5.16 Å². The van der Waals surface area contributed by atoms with Crippen LogP contribution in [0.15, 0.2) is 53.1 Å². The van der Waals surface area contributed by atoms with E-state index in [1.165, 1.54) is 23.5 Å². The number of halogens is 1. The normalized spacial score (nSPS) is 14.5. The van der Waals surface area contributed by atoms with Crippen LogP contribution in [0.25, 0.3) is 16.5 Å². The first-order chi connectivity index (χ1) is 14.5. The maximum atomic E-state index is 13.9. The lowest BCUT2D eigenvalue weighted by Crippen LogP contribution is -2.50. The van der Waals surface area contributed by atoms with Gasteiger partial charge in [0.05, 0.1) is 5.69 Å². The molecule has 6 nitrogen and oxygen atoms in total. The highest BCUT2D eigenvalue weighted by Crippen LogP contribution is 2.30. The number of thiophene rings is 1. The molecule has 3 heterocycles. The summed E-state index contributed by atoms with van der Waals surface area (Å²) < 4.78 is 19.0. The quantitative estimate of drug-likeness (QED) is 0.596. The molecule has 0 spiro atoms. The zero-order chi connectivity index (χ0) is 21.1. The Morgan fingerprint density at radius 2 is 1.83 bits per heavy atom. The van der Waals surface area contributed by atoms with Crippen LogP contribution >= 0.6 is 11.3 Å². The summed E-state index contributed by atoms with van der Waals surface area (Å²) in [5, 5.41) is 3.74. The molecule has 1 fully saturated rings. The number of aromatic nitrogens is 1. The van der Waals surface area contributed by atoms with Gasteiger partial charge in [-0.15, -0.1) is 11.3 Å². The van der Waals surface area contributed by atoms with Crippen LogP contribution in [0, 0.1) is 12.7 Å². The summed E-state index contributed by atoms with van der Waals surface area (Å²) in [5.74, 6) is -0.370. The van der Waals surface area contributed by atoms with Gasteiger partial charge in [0.1, 0.15) is 5.82 Å². The Morgan fingerprint density at radius 3 is 2.53 bits per heavy atom. The number of carbonyl (C=O) groups is 2. The van der Waals surface area contributed by atoms with Crippen LogP contribution in [-0.2, 0) is 4.79 Å². The number of nitrogens with zero attached hydrogens (tertiary/aromatic N) is 3. The number of hydrogen-bond acceptors (Lipinski definition) is 5. The van der Waals surface area contributed by atoms with Gasteiger partial charge in [-0.25, -0.2) is 4.39 Å². The standard InChI is InChI=1S/C22H20FN3O3S/c1-15-14-19(29-24-15)22(28)26-12-10-25(11-13-26)21(27)9-7-16-6-8-20(30-16)17-4-2-3-5-18(17)23/h2-9,14H,10-13H2,1H3/b9-7+. The molecule has 0 N–H and O–H groups in total. The van der Waals surface area contributed by atoms with Crippen molar-refractivity contribution in [3.05, 3.63) is 70.7 Å². The van der Waals surface area contributed by atoms with Gasteiger partial charge in [-0.2, -0.15) is 0 Å². The van der Waals surface area contributed by atoms with Gasteiger partial charge in [0, 0.05) is 53.6 Å². The lowest BCUT2D eigenvalue weighted by atomic mass is 10.2. The van der Waals surface area contributed by atoms with E-state index in [-0.39, 0.29) is 23.4 Å². The number of carbonyl (C=O) groups excluding carboxylic acids is 2. The van der Waals surface area contributed by atoms with Crippen molar-refractivity contribution in [3.8, 4) is 10.4 Å². The van der Waals surface area contributed by atoms with Gasteiger partial charge in [0.15, 0.2) is 0 Å². The van der Waals surface area contributed by atoms with E-state index in [9.17, 15) is 14.0 Å². The van der Waals surface area contributed by atoms with Gasteiger partial charge < -0.3 is 14.3 Å². The average Bonchev–Trinajstić information content (AvgIpc) is 3.41. The smallest absolute Gasteiger partial charge is 0.292 e. The first-order valence-electron chi connectivity index (χ1n) is 9.55. The van der Waals surface area contributed by atoms with Crippen LogP contribution in [-0.4, -0.2) is 52.9 Å². The molecule has 0 unspecified atom stereocenters. The largest absolute Gasteiger partial charge is 0.351 e. The van der Waals surface area contributed by atoms with Crippen molar-refractivity contribution in [1.82, 2.24) is 15.0 Å². The summed E-state index contributed by atoms with van der Waals surface area (Å²) in [7, 11) is 0. The molecule has 0 atom stereocenters. The van der Waals surface area contributed by atoms with Crippen molar-refractivity contribution in [2.75, 3.05) is 26.2 Å². The van der Waals surface area contributed by atoms with E-state index in [4.69, 9.17) is 4.52 Å². The minimum atomic E-state index is -0.265. The molecule has 154 valence electrons. The van der Waals surface area contributed by atoms with E-state index in [1.54, 1.807) is 47.1 Å². The van der Waals surface area contributed by atoms with E-state index in [0.717, 1.165) is 9.75 Å². The Balaban J connectivity index is 1.33. The van der Waals surface area contributed by atoms with Crippen molar-refractivity contribution in [2.45, 2.75) is 6.92 Å². The first-order valence-corrected chi connectivity index (χ1v) is 10.4. The topological polar surface area (TPSA) is 66.7 Å². The lowest BCUT2D eigenvalue weighted by Gasteiger charge is -2.33. The number of aryl methyl sites for hydroxylation is 1. The zero-order valence-electron chi connectivity index (χ0n) is 16.4. The Morgan fingerprint density at radius 1 is 1.10 bits per heavy atom. The molecule has 0 bridgehead atoms. The summed E-state index contributed by atoms with van der Waals surface area (Å²) in [6.07, 6.45) is 3.26. The molecule has 1 aromatic carbocycles. The fourth-order valence-corrected chi connectivity index (χ4v) is 4.19. The monoisotopic (exact) mass is 425 g/mol. The fraction of sp³-hybridized carbons (Fsp3) is 0.227. The van der Waals surface area contributed by atoms with Gasteiger partial charge in [-0.1, -0.05) is 23.4 Å². The third-order valence-electron chi connectivity index (χ3n) is 4.87. The molecular weight excluding hydrogens is 405 g/mol. The van der Waals surface area contributed by atoms with Gasteiger partial charge in [-0.3, -0.25) is 9.59 Å². The number of hydrogen-bond donors (Lipinski definition) is 0. The number of amides is 2. The summed E-state index contributed by atoms with van der Waals surface area (Å²) in [5.41, 5.74) is 1.21. The minimum absolute atomic E-state index is 0.113. The van der Waals surface area contributed by atoms with Gasteiger partial charge >= 0.3 is 0 Å². The van der Waals surface area contributed by atoms with Gasteiger partial charge in [0.25, 0.3) is 5.91 Å². The predicted molar refractivity (Wildman–Crippen MR) is 112 cm³/mol. The molecule has 2 aromatic heterocycles. The summed E-state index contributed by atoms with van der Waals surface area (Å²) in [4.78, 5) is 29.9. The Hall–Kier alpha value is -3.26. The minimum Gasteiger partial charge on any atom is -0.351 e. The maximum absolute atomic E-state index is 13.9. The molecule has 1 aliphatic rings. The highest BCUT2D eigenvalue weighted by atomic mass is 32.1. The van der Waals surface area contributed by atoms with Crippen LogP contribution in [0.1, 0.15) is 21.1 Å². The molecule has 2 amide bonds. The molecule has 0 saturated carbocycles. The molecule has 1 aliphatic heterocycles. The third-order valence-corrected chi connectivity index (χ3v) is 5.96. The molecule has 0 radical (unpaired) electrons. The molecule has 8 heteroatoms. The number of rotatable bonds is 4. The molecule has 0 aliphatic carbocycles. The summed E-state index contributed by atoms with van der Waals surface area (Å²) >= 11 is 1.43. The maximum Gasteiger partial charge on any atom is 0.292 e. The highest BCUT2D eigenvalue weighted by molar-refractivity contribution is 7.16. The zero-order valence-corrected chi connectivity index (χ0v) is 17.2. The Bertz CT molecular complexity index is 1100. The molecular formula is C22H20FN3O3S. The number of benzene rings is 1. The number of piperazine rings is 1. The van der Waals surface area contributed by atoms with E-state index < -0.39 is 0 Å². The Labute approximate surface area is 177 Å². The average molecular weight is 425 g/mol. The van der Waals surface area contributed by atoms with E-state index >= 15 is 0 Å². The van der Waals surface area contributed by atoms with E-state index in [1.807, 2.05) is 12.1 Å². The molecule has 30 heavy (non-hydrogen) atoms. The molecule has 3 aromatic rings. The van der Waals surface area contributed by atoms with Crippen LogP contribution < -0.4 is 0 Å². The van der Waals surface area contributed by atoms with Crippen LogP contribution in [0.3, 0.4) is 0 Å². The molecule has 1 saturated heterocycles. The lowest BCUT2D eigenvalue weighted by molar-refractivity contribution is -0.127. The Kier molecular flexibility index (Phi) is 5.76.